The summed E-state index contributed by atoms with van der Waals surface area (Å²) < 4.78 is 0. The summed E-state index contributed by atoms with van der Waals surface area (Å²) in [6, 6.07) is 6.59. The molecule has 1 fully saturated rings. The van der Waals surface area contributed by atoms with Gasteiger partial charge in [-0.1, -0.05) is 65.2 Å². The van der Waals surface area contributed by atoms with Crippen LogP contribution in [0.15, 0.2) is 23.2 Å². The maximum atomic E-state index is 10.5. The predicted molar refractivity (Wildman–Crippen MR) is 109 cm³/mol. The van der Waals surface area contributed by atoms with Crippen molar-refractivity contribution >= 4 is 11.9 Å². The van der Waals surface area contributed by atoms with Crippen molar-refractivity contribution in [3.8, 4) is 0 Å². The maximum absolute atomic E-state index is 10.5. The van der Waals surface area contributed by atoms with Crippen molar-refractivity contribution in [2.24, 2.45) is 10.4 Å². The Labute approximate surface area is 154 Å². The quantitative estimate of drug-likeness (QED) is 0.569. The van der Waals surface area contributed by atoms with Crippen LogP contribution in [0, 0.1) is 5.41 Å². The van der Waals surface area contributed by atoms with Crippen molar-refractivity contribution in [1.82, 2.24) is 0 Å². The van der Waals surface area contributed by atoms with Gasteiger partial charge in [0, 0.05) is 11.6 Å². The predicted octanol–water partition coefficient (Wildman–Crippen LogP) is 6.75. The van der Waals surface area contributed by atoms with E-state index in [0.717, 1.165) is 24.9 Å². The van der Waals surface area contributed by atoms with Crippen LogP contribution in [0.4, 0.5) is 5.69 Å². The molecule has 0 spiro atoms. The van der Waals surface area contributed by atoms with E-state index in [9.17, 15) is 5.11 Å². The Morgan fingerprint density at radius 2 is 1.56 bits per heavy atom. The van der Waals surface area contributed by atoms with E-state index in [2.05, 4.69) is 52.1 Å². The summed E-state index contributed by atoms with van der Waals surface area (Å²) in [4.78, 5) is 5.09. The molecule has 1 aliphatic carbocycles. The Balaban J connectivity index is 2.44. The smallest absolute Gasteiger partial charge is 0.0695 e. The molecule has 0 radical (unpaired) electrons. The highest BCUT2D eigenvalue weighted by Gasteiger charge is 2.35. The molecule has 0 unspecified atom stereocenters. The van der Waals surface area contributed by atoms with Gasteiger partial charge in [0.25, 0.3) is 0 Å². The average molecular weight is 344 g/mol. The first-order chi connectivity index (χ1) is 11.6. The molecule has 140 valence electrons. The Morgan fingerprint density at radius 1 is 1.04 bits per heavy atom. The van der Waals surface area contributed by atoms with Crippen molar-refractivity contribution < 1.29 is 5.11 Å². The van der Waals surface area contributed by atoms with Gasteiger partial charge in [-0.25, -0.2) is 0 Å². The van der Waals surface area contributed by atoms with Gasteiger partial charge in [-0.2, -0.15) is 0 Å². The number of para-hydroxylation sites is 1. The fraction of sp³-hybridized carbons (Fsp3) is 0.696. The Morgan fingerprint density at radius 3 is 2.00 bits per heavy atom. The van der Waals surface area contributed by atoms with Crippen molar-refractivity contribution in [3.05, 3.63) is 29.3 Å². The molecule has 0 bridgehead atoms. The van der Waals surface area contributed by atoms with Gasteiger partial charge in [-0.15, -0.1) is 0 Å². The first-order valence-corrected chi connectivity index (χ1v) is 10.0. The van der Waals surface area contributed by atoms with Crippen molar-refractivity contribution in [1.29, 1.82) is 0 Å². The number of hydrogen-bond acceptors (Lipinski definition) is 2. The monoisotopic (exact) mass is 343 g/mol. The lowest BCUT2D eigenvalue weighted by atomic mass is 9.69. The summed E-state index contributed by atoms with van der Waals surface area (Å²) in [6.07, 6.45) is 9.07. The number of hydrogen-bond donors (Lipinski definition) is 1. The largest absolute Gasteiger partial charge is 0.390 e. The van der Waals surface area contributed by atoms with Crippen LogP contribution >= 0.6 is 0 Å². The van der Waals surface area contributed by atoms with E-state index in [1.165, 1.54) is 30.4 Å². The minimum atomic E-state index is -0.651. The molecule has 0 saturated heterocycles. The Hall–Kier alpha value is -1.15. The molecular formula is C23H37NO. The summed E-state index contributed by atoms with van der Waals surface area (Å²) in [5, 5.41) is 10.5. The topological polar surface area (TPSA) is 32.6 Å². The number of nitrogens with zero attached hydrogens (tertiary/aromatic N) is 1. The molecule has 1 saturated carbocycles. The van der Waals surface area contributed by atoms with Crippen LogP contribution in [0.1, 0.15) is 103 Å². The average Bonchev–Trinajstić information content (AvgIpc) is 2.51. The van der Waals surface area contributed by atoms with Crippen LogP contribution in [0.5, 0.6) is 0 Å². The molecular weight excluding hydrogens is 306 g/mol. The van der Waals surface area contributed by atoms with E-state index in [1.807, 2.05) is 13.8 Å². The molecule has 1 aromatic rings. The molecule has 0 heterocycles. The van der Waals surface area contributed by atoms with Crippen LogP contribution in [-0.2, 0) is 0 Å². The van der Waals surface area contributed by atoms with Gasteiger partial charge in [-0.3, -0.25) is 4.99 Å². The van der Waals surface area contributed by atoms with Gasteiger partial charge >= 0.3 is 0 Å². The Kier molecular flexibility index (Phi) is 6.48. The van der Waals surface area contributed by atoms with Crippen LogP contribution in [0.2, 0.25) is 0 Å². The van der Waals surface area contributed by atoms with Gasteiger partial charge in [0.05, 0.1) is 11.3 Å². The second-order valence-electron chi connectivity index (χ2n) is 9.26. The maximum Gasteiger partial charge on any atom is 0.0695 e. The van der Waals surface area contributed by atoms with Gasteiger partial charge in [-0.05, 0) is 56.1 Å². The Bertz CT molecular complexity index is 560. The molecule has 0 aliphatic heterocycles. The zero-order chi connectivity index (χ0) is 18.7. The summed E-state index contributed by atoms with van der Waals surface area (Å²) in [6.45, 7) is 12.8. The van der Waals surface area contributed by atoms with Gasteiger partial charge in [0.1, 0.15) is 0 Å². The number of rotatable bonds is 6. The SMILES string of the molecule is CC(C)c1cccc(C(C)C)c1N=CC1(CC(C)(C)O)CCCCC1. The molecule has 0 atom stereocenters. The van der Waals surface area contributed by atoms with E-state index >= 15 is 0 Å². The second kappa shape index (κ2) is 8.03. The van der Waals surface area contributed by atoms with E-state index in [0.29, 0.717) is 11.8 Å². The number of aliphatic hydroxyl groups is 1. The third kappa shape index (κ3) is 5.41. The van der Waals surface area contributed by atoms with Crippen LogP contribution in [-0.4, -0.2) is 16.9 Å². The first-order valence-electron chi connectivity index (χ1n) is 10.0. The van der Waals surface area contributed by atoms with Gasteiger partial charge < -0.3 is 5.11 Å². The summed E-state index contributed by atoms with van der Waals surface area (Å²) >= 11 is 0. The standard InChI is InChI=1S/C23H37NO/c1-17(2)19-11-10-12-20(18(3)4)21(19)24-16-23(15-22(5,6)25)13-8-7-9-14-23/h10-12,16-18,25H,7-9,13-15H2,1-6H3. The fourth-order valence-electron chi connectivity index (χ4n) is 4.33. The van der Waals surface area contributed by atoms with Crippen molar-refractivity contribution in [2.75, 3.05) is 0 Å². The molecule has 2 nitrogen and oxygen atoms in total. The van der Waals surface area contributed by atoms with Crippen LogP contribution in [0.3, 0.4) is 0 Å². The van der Waals surface area contributed by atoms with E-state index in [1.54, 1.807) is 0 Å². The molecule has 1 aromatic carbocycles. The number of benzene rings is 1. The minimum absolute atomic E-state index is 0.0365. The van der Waals surface area contributed by atoms with E-state index < -0.39 is 5.60 Å². The second-order valence-corrected chi connectivity index (χ2v) is 9.26. The summed E-state index contributed by atoms with van der Waals surface area (Å²) in [5.41, 5.74) is 3.21. The van der Waals surface area contributed by atoms with Gasteiger partial charge in [0.2, 0.25) is 0 Å². The summed E-state index contributed by atoms with van der Waals surface area (Å²) in [5.74, 6) is 0.921. The lowest BCUT2D eigenvalue weighted by Gasteiger charge is -2.38. The molecule has 0 amide bonds. The summed E-state index contributed by atoms with van der Waals surface area (Å²) in [7, 11) is 0. The molecule has 2 rings (SSSR count). The van der Waals surface area contributed by atoms with Crippen LogP contribution in [0.25, 0.3) is 0 Å². The minimum Gasteiger partial charge on any atom is -0.390 e. The first kappa shape index (κ1) is 20.2. The van der Waals surface area contributed by atoms with Crippen molar-refractivity contribution in [3.63, 3.8) is 0 Å². The van der Waals surface area contributed by atoms with E-state index in [4.69, 9.17) is 4.99 Å². The van der Waals surface area contributed by atoms with E-state index in [-0.39, 0.29) is 5.41 Å². The zero-order valence-electron chi connectivity index (χ0n) is 17.1. The normalized spacial score (nSPS) is 18.4. The molecule has 1 N–H and O–H groups in total. The highest BCUT2D eigenvalue weighted by molar-refractivity contribution is 5.73. The van der Waals surface area contributed by atoms with Crippen molar-refractivity contribution in [2.45, 2.75) is 97.5 Å². The molecule has 25 heavy (non-hydrogen) atoms. The van der Waals surface area contributed by atoms with Crippen LogP contribution < -0.4 is 0 Å². The number of aliphatic imine (C=N–C) groups is 1. The molecule has 1 aliphatic rings. The highest BCUT2D eigenvalue weighted by atomic mass is 16.3. The lowest BCUT2D eigenvalue weighted by Crippen LogP contribution is -2.35. The highest BCUT2D eigenvalue weighted by Crippen LogP contribution is 2.42. The molecule has 2 heteroatoms. The third-order valence-corrected chi connectivity index (χ3v) is 5.44. The zero-order valence-corrected chi connectivity index (χ0v) is 17.1. The van der Waals surface area contributed by atoms with Gasteiger partial charge in [0.15, 0.2) is 0 Å². The third-order valence-electron chi connectivity index (χ3n) is 5.44. The lowest BCUT2D eigenvalue weighted by molar-refractivity contribution is 0.0317. The molecule has 0 aromatic heterocycles. The fourth-order valence-corrected chi connectivity index (χ4v) is 4.33.